The molecule has 1 amide bonds. The van der Waals surface area contributed by atoms with Crippen molar-refractivity contribution in [3.8, 4) is 5.75 Å². The number of ether oxygens (including phenoxy) is 1. The van der Waals surface area contributed by atoms with Crippen LogP contribution in [0.15, 0.2) is 18.2 Å². The van der Waals surface area contributed by atoms with Gasteiger partial charge in [0.05, 0.1) is 12.0 Å². The predicted molar refractivity (Wildman–Crippen MR) is 69.8 cm³/mol. The van der Waals surface area contributed by atoms with E-state index in [4.69, 9.17) is 0 Å². The highest BCUT2D eigenvalue weighted by Gasteiger charge is 2.31. The van der Waals surface area contributed by atoms with Gasteiger partial charge >= 0.3 is 6.61 Å². The summed E-state index contributed by atoms with van der Waals surface area (Å²) in [7, 11) is 0. The number of aryl methyl sites for hydroxylation is 1. The summed E-state index contributed by atoms with van der Waals surface area (Å²) in [5, 5.41) is 12.3. The van der Waals surface area contributed by atoms with Crippen LogP contribution in [0.2, 0.25) is 0 Å². The van der Waals surface area contributed by atoms with Crippen LogP contribution >= 0.6 is 0 Å². The molecule has 0 aromatic heterocycles. The fraction of sp³-hybridized carbons (Fsp3) is 0.500. The summed E-state index contributed by atoms with van der Waals surface area (Å²) in [6, 6.07) is 4.58. The number of anilines is 1. The minimum atomic E-state index is -2.91. The van der Waals surface area contributed by atoms with Crippen LogP contribution in [0.5, 0.6) is 5.75 Å². The summed E-state index contributed by atoms with van der Waals surface area (Å²) in [6.45, 7) is -1.26. The van der Waals surface area contributed by atoms with E-state index in [1.807, 2.05) is 0 Å². The molecule has 4 nitrogen and oxygen atoms in total. The van der Waals surface area contributed by atoms with Crippen LogP contribution in [-0.4, -0.2) is 23.7 Å². The molecule has 0 spiro atoms. The fourth-order valence-electron chi connectivity index (χ4n) is 2.38. The molecule has 2 rings (SSSR count). The molecular weight excluding hydrogens is 268 g/mol. The molecule has 6 heteroatoms. The van der Waals surface area contributed by atoms with Gasteiger partial charge in [-0.25, -0.2) is 0 Å². The third kappa shape index (κ3) is 3.45. The summed E-state index contributed by atoms with van der Waals surface area (Å²) in [5.41, 5.74) is 0.944. The third-order valence-corrected chi connectivity index (χ3v) is 3.49. The van der Waals surface area contributed by atoms with E-state index in [-0.39, 0.29) is 11.7 Å². The monoisotopic (exact) mass is 285 g/mol. The predicted octanol–water partition coefficient (Wildman–Crippen LogP) is 2.70. The molecule has 0 aliphatic heterocycles. The highest BCUT2D eigenvalue weighted by atomic mass is 19.3. The Bertz CT molecular complexity index is 493. The molecule has 2 atom stereocenters. The molecule has 1 aliphatic carbocycles. The van der Waals surface area contributed by atoms with E-state index in [2.05, 4.69) is 10.1 Å². The standard InChI is InChI=1S/C14H17F2NO3/c1-8-5-6-9(7-12(8)20-14(15)16)17-13(19)10-3-2-4-11(10)18/h5-7,10-11,14,18H,2-4H2,1H3,(H,17,19). The molecule has 1 saturated carbocycles. The Morgan fingerprint density at radius 3 is 2.80 bits per heavy atom. The molecule has 0 heterocycles. The van der Waals surface area contributed by atoms with Crippen molar-refractivity contribution in [2.45, 2.75) is 38.9 Å². The molecule has 1 fully saturated rings. The lowest BCUT2D eigenvalue weighted by Gasteiger charge is -2.15. The smallest absolute Gasteiger partial charge is 0.387 e. The lowest BCUT2D eigenvalue weighted by Crippen LogP contribution is -2.28. The lowest BCUT2D eigenvalue weighted by atomic mass is 10.1. The Balaban J connectivity index is 2.07. The first kappa shape index (κ1) is 14.7. The fourth-order valence-corrected chi connectivity index (χ4v) is 2.38. The number of benzene rings is 1. The van der Waals surface area contributed by atoms with Gasteiger partial charge in [0.2, 0.25) is 5.91 Å². The van der Waals surface area contributed by atoms with E-state index in [9.17, 15) is 18.7 Å². The normalized spacial score (nSPS) is 22.1. The molecule has 0 bridgehead atoms. The van der Waals surface area contributed by atoms with E-state index in [1.54, 1.807) is 19.1 Å². The number of carbonyl (C=O) groups excluding carboxylic acids is 1. The van der Waals surface area contributed by atoms with Crippen molar-refractivity contribution < 1.29 is 23.4 Å². The number of aliphatic hydroxyl groups excluding tert-OH is 1. The van der Waals surface area contributed by atoms with Gasteiger partial charge in [-0.1, -0.05) is 6.07 Å². The molecule has 110 valence electrons. The molecule has 0 radical (unpaired) electrons. The number of carbonyl (C=O) groups is 1. The average Bonchev–Trinajstić information content (AvgIpc) is 2.79. The molecule has 2 unspecified atom stereocenters. The van der Waals surface area contributed by atoms with Crippen LogP contribution in [-0.2, 0) is 4.79 Å². The Morgan fingerprint density at radius 2 is 2.20 bits per heavy atom. The quantitative estimate of drug-likeness (QED) is 0.894. The zero-order valence-electron chi connectivity index (χ0n) is 11.1. The van der Waals surface area contributed by atoms with Gasteiger partial charge in [0.1, 0.15) is 5.75 Å². The average molecular weight is 285 g/mol. The SMILES string of the molecule is Cc1ccc(NC(=O)C2CCCC2O)cc1OC(F)F. The van der Waals surface area contributed by atoms with E-state index < -0.39 is 18.6 Å². The van der Waals surface area contributed by atoms with Crippen molar-refractivity contribution in [2.75, 3.05) is 5.32 Å². The molecule has 0 saturated heterocycles. The summed E-state index contributed by atoms with van der Waals surface area (Å²) in [6.07, 6.45) is 1.44. The van der Waals surface area contributed by atoms with Crippen LogP contribution in [0.25, 0.3) is 0 Å². The molecule has 1 aliphatic rings. The van der Waals surface area contributed by atoms with Gasteiger partial charge in [0, 0.05) is 11.8 Å². The van der Waals surface area contributed by atoms with Crippen LogP contribution in [0.4, 0.5) is 14.5 Å². The van der Waals surface area contributed by atoms with E-state index >= 15 is 0 Å². The first-order chi connectivity index (χ1) is 9.47. The maximum absolute atomic E-state index is 12.2. The highest BCUT2D eigenvalue weighted by Crippen LogP contribution is 2.28. The van der Waals surface area contributed by atoms with Crippen molar-refractivity contribution in [3.63, 3.8) is 0 Å². The molecular formula is C14H17F2NO3. The van der Waals surface area contributed by atoms with Crippen LogP contribution < -0.4 is 10.1 Å². The Labute approximate surface area is 115 Å². The molecule has 1 aromatic rings. The van der Waals surface area contributed by atoms with Crippen molar-refractivity contribution in [1.29, 1.82) is 0 Å². The topological polar surface area (TPSA) is 58.6 Å². The maximum Gasteiger partial charge on any atom is 0.387 e. The van der Waals surface area contributed by atoms with Crippen molar-refractivity contribution >= 4 is 11.6 Å². The minimum Gasteiger partial charge on any atom is -0.434 e. The van der Waals surface area contributed by atoms with E-state index in [0.29, 0.717) is 24.1 Å². The van der Waals surface area contributed by atoms with Gasteiger partial charge in [0.15, 0.2) is 0 Å². The summed E-state index contributed by atoms with van der Waals surface area (Å²) in [4.78, 5) is 12.0. The summed E-state index contributed by atoms with van der Waals surface area (Å²) in [5.74, 6) is -0.692. The summed E-state index contributed by atoms with van der Waals surface area (Å²) >= 11 is 0. The number of halogens is 2. The number of nitrogens with one attached hydrogen (secondary N) is 1. The maximum atomic E-state index is 12.2. The minimum absolute atomic E-state index is 0.0322. The zero-order chi connectivity index (χ0) is 14.7. The highest BCUT2D eigenvalue weighted by molar-refractivity contribution is 5.93. The number of aliphatic hydroxyl groups is 1. The Morgan fingerprint density at radius 1 is 1.45 bits per heavy atom. The van der Waals surface area contributed by atoms with E-state index in [1.165, 1.54) is 6.07 Å². The van der Waals surface area contributed by atoms with Crippen LogP contribution in [0, 0.1) is 12.8 Å². The first-order valence-electron chi connectivity index (χ1n) is 6.52. The number of alkyl halides is 2. The van der Waals surface area contributed by atoms with Gasteiger partial charge in [-0.2, -0.15) is 8.78 Å². The van der Waals surface area contributed by atoms with Gasteiger partial charge < -0.3 is 15.2 Å². The molecule has 20 heavy (non-hydrogen) atoms. The van der Waals surface area contributed by atoms with Gasteiger partial charge in [0.25, 0.3) is 0 Å². The van der Waals surface area contributed by atoms with E-state index in [0.717, 1.165) is 6.42 Å². The number of hydrogen-bond acceptors (Lipinski definition) is 3. The largest absolute Gasteiger partial charge is 0.434 e. The van der Waals surface area contributed by atoms with Crippen LogP contribution in [0.3, 0.4) is 0 Å². The van der Waals surface area contributed by atoms with Gasteiger partial charge in [-0.3, -0.25) is 4.79 Å². The second kappa shape index (κ2) is 6.17. The Hall–Kier alpha value is -1.69. The van der Waals surface area contributed by atoms with Crippen LogP contribution in [0.1, 0.15) is 24.8 Å². The lowest BCUT2D eigenvalue weighted by molar-refractivity contribution is -0.122. The number of hydrogen-bond donors (Lipinski definition) is 2. The molecule has 2 N–H and O–H groups in total. The Kier molecular flexibility index (Phi) is 4.54. The summed E-state index contributed by atoms with van der Waals surface area (Å²) < 4.78 is 28.9. The van der Waals surface area contributed by atoms with Gasteiger partial charge in [-0.05, 0) is 37.8 Å². The third-order valence-electron chi connectivity index (χ3n) is 3.49. The van der Waals surface area contributed by atoms with Crippen molar-refractivity contribution in [1.82, 2.24) is 0 Å². The number of rotatable bonds is 4. The van der Waals surface area contributed by atoms with Crippen molar-refractivity contribution in [2.24, 2.45) is 5.92 Å². The van der Waals surface area contributed by atoms with Gasteiger partial charge in [-0.15, -0.1) is 0 Å². The second-order valence-corrected chi connectivity index (χ2v) is 4.95. The number of amides is 1. The molecule has 1 aromatic carbocycles. The van der Waals surface area contributed by atoms with Crippen molar-refractivity contribution in [3.05, 3.63) is 23.8 Å². The second-order valence-electron chi connectivity index (χ2n) is 4.95. The zero-order valence-corrected chi connectivity index (χ0v) is 11.1. The first-order valence-corrected chi connectivity index (χ1v) is 6.52.